The van der Waals surface area contributed by atoms with Crippen molar-refractivity contribution in [1.29, 1.82) is 0 Å². The van der Waals surface area contributed by atoms with Crippen LogP contribution in [0.5, 0.6) is 5.75 Å². The number of benzene rings is 2. The van der Waals surface area contributed by atoms with E-state index in [1.165, 1.54) is 5.56 Å². The third-order valence-electron chi connectivity index (χ3n) is 5.54. The fraction of sp³-hybridized carbons (Fsp3) is 0.400. The van der Waals surface area contributed by atoms with E-state index in [2.05, 4.69) is 17.4 Å². The number of imide groups is 1. The number of hydrogen-bond donors (Lipinski definition) is 1. The van der Waals surface area contributed by atoms with Crippen molar-refractivity contribution >= 4 is 17.7 Å². The minimum atomic E-state index is -0.286. The molecule has 0 spiro atoms. The molecule has 0 aromatic heterocycles. The van der Waals surface area contributed by atoms with Crippen molar-refractivity contribution in [3.05, 3.63) is 65.7 Å². The number of amides is 3. The quantitative estimate of drug-likeness (QED) is 0.446. The number of rotatable bonds is 11. The van der Waals surface area contributed by atoms with Crippen molar-refractivity contribution in [3.63, 3.8) is 0 Å². The fourth-order valence-electron chi connectivity index (χ4n) is 3.64. The van der Waals surface area contributed by atoms with E-state index < -0.39 is 0 Å². The molecule has 31 heavy (non-hydrogen) atoms. The summed E-state index contributed by atoms with van der Waals surface area (Å²) in [5.74, 6) is 0.172. The van der Waals surface area contributed by atoms with Crippen LogP contribution in [0.4, 0.5) is 0 Å². The molecule has 1 N–H and O–H groups in total. The van der Waals surface area contributed by atoms with E-state index in [0.29, 0.717) is 26.0 Å². The van der Waals surface area contributed by atoms with Crippen molar-refractivity contribution in [2.45, 2.75) is 38.5 Å². The normalized spacial score (nSPS) is 15.6. The zero-order valence-electron chi connectivity index (χ0n) is 18.0. The number of hydrogen-bond acceptors (Lipinski definition) is 4. The average molecular weight is 423 g/mol. The zero-order valence-corrected chi connectivity index (χ0v) is 18.0. The van der Waals surface area contributed by atoms with Crippen LogP contribution in [0.25, 0.3) is 0 Å². The summed E-state index contributed by atoms with van der Waals surface area (Å²) in [7, 11) is 1.81. The SMILES string of the molecule is CN(CCOc1ccc(CC2CC(=O)NC2=O)cc1)C(=O)CCCCc1ccccc1. The fourth-order valence-corrected chi connectivity index (χ4v) is 3.64. The van der Waals surface area contributed by atoms with Crippen LogP contribution >= 0.6 is 0 Å². The van der Waals surface area contributed by atoms with Gasteiger partial charge in [-0.05, 0) is 48.9 Å². The Morgan fingerprint density at radius 1 is 1.03 bits per heavy atom. The molecule has 0 aliphatic carbocycles. The van der Waals surface area contributed by atoms with Crippen molar-refractivity contribution < 1.29 is 19.1 Å². The highest BCUT2D eigenvalue weighted by atomic mass is 16.5. The molecule has 0 saturated carbocycles. The van der Waals surface area contributed by atoms with Gasteiger partial charge >= 0.3 is 0 Å². The molecule has 3 amide bonds. The van der Waals surface area contributed by atoms with E-state index in [9.17, 15) is 14.4 Å². The first-order valence-electron chi connectivity index (χ1n) is 10.8. The summed E-state index contributed by atoms with van der Waals surface area (Å²) in [6.45, 7) is 0.953. The number of likely N-dealkylation sites (N-methyl/N-ethyl adjacent to an activating group) is 1. The molecule has 0 radical (unpaired) electrons. The van der Waals surface area contributed by atoms with Crippen LogP contribution in [-0.4, -0.2) is 42.8 Å². The van der Waals surface area contributed by atoms with Crippen LogP contribution in [-0.2, 0) is 27.2 Å². The van der Waals surface area contributed by atoms with E-state index in [1.807, 2.05) is 42.5 Å². The van der Waals surface area contributed by atoms with Crippen molar-refractivity contribution in [2.24, 2.45) is 5.92 Å². The van der Waals surface area contributed by atoms with E-state index in [0.717, 1.165) is 30.6 Å². The van der Waals surface area contributed by atoms with Gasteiger partial charge in [-0.1, -0.05) is 42.5 Å². The van der Waals surface area contributed by atoms with E-state index in [1.54, 1.807) is 11.9 Å². The topological polar surface area (TPSA) is 75.7 Å². The molecule has 164 valence electrons. The van der Waals surface area contributed by atoms with Gasteiger partial charge in [0.15, 0.2) is 0 Å². The van der Waals surface area contributed by atoms with Crippen molar-refractivity contribution in [2.75, 3.05) is 20.2 Å². The summed E-state index contributed by atoms with van der Waals surface area (Å²) in [5, 5.41) is 2.33. The Morgan fingerprint density at radius 2 is 1.77 bits per heavy atom. The number of carbonyl (C=O) groups is 3. The third kappa shape index (κ3) is 7.24. The molecule has 1 saturated heterocycles. The van der Waals surface area contributed by atoms with Crippen molar-refractivity contribution in [3.8, 4) is 5.75 Å². The summed E-state index contributed by atoms with van der Waals surface area (Å²) in [5.41, 5.74) is 2.30. The predicted octanol–water partition coefficient (Wildman–Crippen LogP) is 3.14. The van der Waals surface area contributed by atoms with Gasteiger partial charge < -0.3 is 9.64 Å². The monoisotopic (exact) mass is 422 g/mol. The summed E-state index contributed by atoms with van der Waals surface area (Å²) in [6.07, 6.45) is 4.23. The van der Waals surface area contributed by atoms with E-state index >= 15 is 0 Å². The maximum Gasteiger partial charge on any atom is 0.230 e. The molecule has 6 heteroatoms. The Morgan fingerprint density at radius 3 is 2.45 bits per heavy atom. The standard InChI is InChI=1S/C25H30N2O4/c1-27(24(29)10-6-5-9-19-7-3-2-4-8-19)15-16-31-22-13-11-20(12-14-22)17-21-18-23(28)26-25(21)30/h2-4,7-8,11-14,21H,5-6,9-10,15-18H2,1H3,(H,26,28,30). The number of carbonyl (C=O) groups excluding carboxylic acids is 3. The minimum Gasteiger partial charge on any atom is -0.492 e. The van der Waals surface area contributed by atoms with Crippen LogP contribution in [0, 0.1) is 5.92 Å². The number of nitrogens with zero attached hydrogens (tertiary/aromatic N) is 1. The Hall–Kier alpha value is -3.15. The number of unbranched alkanes of at least 4 members (excludes halogenated alkanes) is 1. The van der Waals surface area contributed by atoms with Crippen LogP contribution in [0.3, 0.4) is 0 Å². The number of ether oxygens (including phenoxy) is 1. The molecule has 1 atom stereocenters. The van der Waals surface area contributed by atoms with Crippen LogP contribution < -0.4 is 10.1 Å². The average Bonchev–Trinajstić information content (AvgIpc) is 3.09. The first kappa shape index (κ1) is 22.5. The smallest absolute Gasteiger partial charge is 0.230 e. The van der Waals surface area contributed by atoms with Crippen LogP contribution in [0.15, 0.2) is 54.6 Å². The molecule has 1 heterocycles. The van der Waals surface area contributed by atoms with Crippen LogP contribution in [0.1, 0.15) is 36.8 Å². The van der Waals surface area contributed by atoms with Gasteiger partial charge in [0.05, 0.1) is 12.5 Å². The van der Waals surface area contributed by atoms with Gasteiger partial charge in [-0.15, -0.1) is 0 Å². The molecule has 1 aliphatic heterocycles. The van der Waals surface area contributed by atoms with E-state index in [-0.39, 0.29) is 30.1 Å². The second kappa shape index (κ2) is 11.3. The number of aryl methyl sites for hydroxylation is 1. The lowest BCUT2D eigenvalue weighted by Crippen LogP contribution is -2.30. The van der Waals surface area contributed by atoms with Gasteiger partial charge in [-0.2, -0.15) is 0 Å². The first-order valence-corrected chi connectivity index (χ1v) is 10.8. The maximum absolute atomic E-state index is 12.3. The molecule has 6 nitrogen and oxygen atoms in total. The summed E-state index contributed by atoms with van der Waals surface area (Å²) in [4.78, 5) is 36.9. The highest BCUT2D eigenvalue weighted by molar-refractivity contribution is 6.03. The molecule has 1 fully saturated rings. The molecule has 0 bridgehead atoms. The Kier molecular flexibility index (Phi) is 8.21. The van der Waals surface area contributed by atoms with Crippen LogP contribution in [0.2, 0.25) is 0 Å². The Bertz CT molecular complexity index is 880. The summed E-state index contributed by atoms with van der Waals surface area (Å²) < 4.78 is 5.75. The summed E-state index contributed by atoms with van der Waals surface area (Å²) in [6, 6.07) is 17.9. The highest BCUT2D eigenvalue weighted by Gasteiger charge is 2.30. The number of nitrogens with one attached hydrogen (secondary N) is 1. The lowest BCUT2D eigenvalue weighted by molar-refractivity contribution is -0.130. The Labute approximate surface area is 183 Å². The molecule has 2 aromatic carbocycles. The van der Waals surface area contributed by atoms with Gasteiger partial charge in [-0.3, -0.25) is 19.7 Å². The zero-order chi connectivity index (χ0) is 22.1. The molecule has 1 unspecified atom stereocenters. The minimum absolute atomic E-state index is 0.136. The highest BCUT2D eigenvalue weighted by Crippen LogP contribution is 2.19. The van der Waals surface area contributed by atoms with E-state index in [4.69, 9.17) is 4.74 Å². The van der Waals surface area contributed by atoms with Gasteiger partial charge in [0, 0.05) is 19.9 Å². The lowest BCUT2D eigenvalue weighted by atomic mass is 9.98. The second-order valence-corrected chi connectivity index (χ2v) is 8.02. The Balaban J connectivity index is 1.31. The van der Waals surface area contributed by atoms with Gasteiger partial charge in [-0.25, -0.2) is 0 Å². The second-order valence-electron chi connectivity index (χ2n) is 8.02. The molecule has 3 rings (SSSR count). The van der Waals surface area contributed by atoms with Gasteiger partial charge in [0.25, 0.3) is 0 Å². The third-order valence-corrected chi connectivity index (χ3v) is 5.54. The molecular weight excluding hydrogens is 392 g/mol. The predicted molar refractivity (Wildman–Crippen MR) is 119 cm³/mol. The molecule has 1 aliphatic rings. The largest absolute Gasteiger partial charge is 0.492 e. The van der Waals surface area contributed by atoms with Gasteiger partial charge in [0.2, 0.25) is 17.7 Å². The maximum atomic E-state index is 12.3. The molecule has 2 aromatic rings. The summed E-state index contributed by atoms with van der Waals surface area (Å²) >= 11 is 0. The molecular formula is C25H30N2O4. The first-order chi connectivity index (χ1) is 15.0. The lowest BCUT2D eigenvalue weighted by Gasteiger charge is -2.17. The van der Waals surface area contributed by atoms with Gasteiger partial charge in [0.1, 0.15) is 12.4 Å². The van der Waals surface area contributed by atoms with Crippen molar-refractivity contribution in [1.82, 2.24) is 10.2 Å².